The molecule has 5 heteroatoms. The number of ether oxygens (including phenoxy) is 2. The lowest BCUT2D eigenvalue weighted by atomic mass is 9.98. The highest BCUT2D eigenvalue weighted by atomic mass is 16.6. The fourth-order valence-corrected chi connectivity index (χ4v) is 2.53. The SMILES string of the molecule is CCCCN(C(=O)OCC)C(C)C(C)CC(=O)OCc1ccccc1. The van der Waals surface area contributed by atoms with Crippen LogP contribution in [0.5, 0.6) is 0 Å². The van der Waals surface area contributed by atoms with Crippen molar-refractivity contribution in [3.8, 4) is 0 Å². The number of amides is 1. The highest BCUT2D eigenvalue weighted by Crippen LogP contribution is 2.18. The lowest BCUT2D eigenvalue weighted by Gasteiger charge is -2.32. The summed E-state index contributed by atoms with van der Waals surface area (Å²) in [6, 6.07) is 9.52. The number of nitrogens with zero attached hydrogens (tertiary/aromatic N) is 1. The number of unbranched alkanes of at least 4 members (excludes halogenated alkanes) is 1. The molecule has 1 aromatic carbocycles. The van der Waals surface area contributed by atoms with E-state index in [-0.39, 0.29) is 37.0 Å². The lowest BCUT2D eigenvalue weighted by Crippen LogP contribution is -2.43. The number of rotatable bonds is 10. The average Bonchev–Trinajstić information content (AvgIpc) is 2.61. The van der Waals surface area contributed by atoms with Crippen molar-refractivity contribution >= 4 is 12.1 Å². The van der Waals surface area contributed by atoms with Gasteiger partial charge in [-0.05, 0) is 31.7 Å². The minimum absolute atomic E-state index is 0.00969. The van der Waals surface area contributed by atoms with Crippen molar-refractivity contribution in [1.29, 1.82) is 0 Å². The van der Waals surface area contributed by atoms with Crippen LogP contribution < -0.4 is 0 Å². The molecule has 140 valence electrons. The largest absolute Gasteiger partial charge is 0.461 e. The first kappa shape index (κ1) is 21.0. The van der Waals surface area contributed by atoms with Crippen molar-refractivity contribution in [2.24, 2.45) is 5.92 Å². The number of carbonyl (C=O) groups excluding carboxylic acids is 2. The molecule has 0 aromatic heterocycles. The van der Waals surface area contributed by atoms with Crippen LogP contribution in [0, 0.1) is 5.92 Å². The van der Waals surface area contributed by atoms with Crippen LogP contribution in [0.3, 0.4) is 0 Å². The zero-order valence-corrected chi connectivity index (χ0v) is 15.9. The Balaban J connectivity index is 2.54. The first-order valence-corrected chi connectivity index (χ1v) is 9.12. The molecule has 0 fully saturated rings. The first-order chi connectivity index (χ1) is 12.0. The van der Waals surface area contributed by atoms with Gasteiger partial charge in [0, 0.05) is 12.6 Å². The molecule has 0 aliphatic rings. The van der Waals surface area contributed by atoms with Gasteiger partial charge in [0.15, 0.2) is 0 Å². The Bertz CT molecular complexity index is 518. The van der Waals surface area contributed by atoms with Gasteiger partial charge in [0.25, 0.3) is 0 Å². The topological polar surface area (TPSA) is 55.8 Å². The highest BCUT2D eigenvalue weighted by Gasteiger charge is 2.27. The quantitative estimate of drug-likeness (QED) is 0.587. The van der Waals surface area contributed by atoms with Gasteiger partial charge in [-0.15, -0.1) is 0 Å². The number of hydrogen-bond donors (Lipinski definition) is 0. The maximum absolute atomic E-state index is 12.2. The molecule has 2 atom stereocenters. The maximum atomic E-state index is 12.2. The van der Waals surface area contributed by atoms with Gasteiger partial charge < -0.3 is 14.4 Å². The zero-order chi connectivity index (χ0) is 18.7. The molecular formula is C20H31NO4. The van der Waals surface area contributed by atoms with E-state index < -0.39 is 0 Å². The monoisotopic (exact) mass is 349 g/mol. The van der Waals surface area contributed by atoms with Crippen LogP contribution in [0.15, 0.2) is 30.3 Å². The zero-order valence-electron chi connectivity index (χ0n) is 15.9. The van der Waals surface area contributed by atoms with Crippen molar-refractivity contribution in [1.82, 2.24) is 4.90 Å². The molecule has 1 aromatic rings. The Morgan fingerprint density at radius 2 is 1.76 bits per heavy atom. The normalized spacial score (nSPS) is 13.0. The van der Waals surface area contributed by atoms with Gasteiger partial charge >= 0.3 is 12.1 Å². The highest BCUT2D eigenvalue weighted by molar-refractivity contribution is 5.70. The number of carbonyl (C=O) groups is 2. The fourth-order valence-electron chi connectivity index (χ4n) is 2.53. The van der Waals surface area contributed by atoms with Crippen molar-refractivity contribution in [2.75, 3.05) is 13.2 Å². The predicted molar refractivity (Wildman–Crippen MR) is 98.1 cm³/mol. The van der Waals surface area contributed by atoms with E-state index in [0.29, 0.717) is 13.2 Å². The van der Waals surface area contributed by atoms with Crippen LogP contribution in [-0.4, -0.2) is 36.2 Å². The summed E-state index contributed by atoms with van der Waals surface area (Å²) in [5, 5.41) is 0. The summed E-state index contributed by atoms with van der Waals surface area (Å²) in [5.41, 5.74) is 0.965. The summed E-state index contributed by atoms with van der Waals surface area (Å²) >= 11 is 0. The standard InChI is InChI=1S/C20H31NO4/c1-5-7-13-21(20(23)24-6-2)17(4)16(3)14-19(22)25-15-18-11-9-8-10-12-18/h8-12,16-17H,5-7,13-15H2,1-4H3. The van der Waals surface area contributed by atoms with E-state index in [9.17, 15) is 9.59 Å². The molecule has 1 amide bonds. The molecule has 1 rings (SSSR count). The van der Waals surface area contributed by atoms with Gasteiger partial charge in [-0.1, -0.05) is 50.6 Å². The Hall–Kier alpha value is -2.04. The minimum Gasteiger partial charge on any atom is -0.461 e. The molecule has 0 aliphatic heterocycles. The Kier molecular flexibility index (Phi) is 9.66. The summed E-state index contributed by atoms with van der Waals surface area (Å²) in [5.74, 6) is -0.257. The number of hydrogen-bond acceptors (Lipinski definition) is 4. The molecule has 2 unspecified atom stereocenters. The summed E-state index contributed by atoms with van der Waals surface area (Å²) in [6.45, 7) is 9.07. The Morgan fingerprint density at radius 1 is 1.08 bits per heavy atom. The van der Waals surface area contributed by atoms with Crippen LogP contribution in [0.2, 0.25) is 0 Å². The second-order valence-electron chi connectivity index (χ2n) is 6.31. The summed E-state index contributed by atoms with van der Waals surface area (Å²) < 4.78 is 10.5. The lowest BCUT2D eigenvalue weighted by molar-refractivity contribution is -0.146. The molecule has 0 N–H and O–H groups in total. The van der Waals surface area contributed by atoms with E-state index in [1.54, 1.807) is 11.8 Å². The maximum Gasteiger partial charge on any atom is 0.409 e. The summed E-state index contributed by atoms with van der Waals surface area (Å²) in [6.07, 6.45) is 1.87. The van der Waals surface area contributed by atoms with Crippen LogP contribution >= 0.6 is 0 Å². The van der Waals surface area contributed by atoms with Crippen LogP contribution in [0.25, 0.3) is 0 Å². The van der Waals surface area contributed by atoms with E-state index >= 15 is 0 Å². The van der Waals surface area contributed by atoms with Gasteiger partial charge in [-0.3, -0.25) is 4.79 Å². The molecule has 0 heterocycles. The second kappa shape index (κ2) is 11.5. The Morgan fingerprint density at radius 3 is 2.36 bits per heavy atom. The molecule has 0 saturated carbocycles. The summed E-state index contributed by atoms with van der Waals surface area (Å²) in [7, 11) is 0. The smallest absolute Gasteiger partial charge is 0.409 e. The molecule has 5 nitrogen and oxygen atoms in total. The molecule has 0 radical (unpaired) electrons. The first-order valence-electron chi connectivity index (χ1n) is 9.12. The predicted octanol–water partition coefficient (Wildman–Crippen LogP) is 4.40. The van der Waals surface area contributed by atoms with E-state index in [2.05, 4.69) is 6.92 Å². The van der Waals surface area contributed by atoms with E-state index in [1.807, 2.05) is 44.2 Å². The van der Waals surface area contributed by atoms with Crippen molar-refractivity contribution in [3.05, 3.63) is 35.9 Å². The van der Waals surface area contributed by atoms with Gasteiger partial charge in [0.05, 0.1) is 13.0 Å². The van der Waals surface area contributed by atoms with Gasteiger partial charge in [-0.25, -0.2) is 4.79 Å². The van der Waals surface area contributed by atoms with Crippen molar-refractivity contribution in [2.45, 2.75) is 59.6 Å². The van der Waals surface area contributed by atoms with Crippen molar-refractivity contribution in [3.63, 3.8) is 0 Å². The molecule has 0 bridgehead atoms. The van der Waals surface area contributed by atoms with E-state index in [1.165, 1.54) is 0 Å². The third-order valence-corrected chi connectivity index (χ3v) is 4.30. The average molecular weight is 349 g/mol. The molecule has 0 spiro atoms. The number of benzene rings is 1. The molecule has 25 heavy (non-hydrogen) atoms. The van der Waals surface area contributed by atoms with Gasteiger partial charge in [-0.2, -0.15) is 0 Å². The molecule has 0 saturated heterocycles. The van der Waals surface area contributed by atoms with E-state index in [0.717, 1.165) is 18.4 Å². The summed E-state index contributed by atoms with van der Waals surface area (Å²) in [4.78, 5) is 26.0. The third-order valence-electron chi connectivity index (χ3n) is 4.30. The van der Waals surface area contributed by atoms with Crippen LogP contribution in [0.1, 0.15) is 52.5 Å². The molecule has 0 aliphatic carbocycles. The second-order valence-corrected chi connectivity index (χ2v) is 6.31. The molecular weight excluding hydrogens is 318 g/mol. The Labute approximate surface area is 151 Å². The fraction of sp³-hybridized carbons (Fsp3) is 0.600. The van der Waals surface area contributed by atoms with Gasteiger partial charge in [0.2, 0.25) is 0 Å². The van der Waals surface area contributed by atoms with Crippen LogP contribution in [-0.2, 0) is 20.9 Å². The van der Waals surface area contributed by atoms with E-state index in [4.69, 9.17) is 9.47 Å². The third kappa shape index (κ3) is 7.59. The minimum atomic E-state index is -0.312. The van der Waals surface area contributed by atoms with Crippen molar-refractivity contribution < 1.29 is 19.1 Å². The van der Waals surface area contributed by atoms with Crippen LogP contribution in [0.4, 0.5) is 4.79 Å². The number of esters is 1. The van der Waals surface area contributed by atoms with Gasteiger partial charge in [0.1, 0.15) is 6.61 Å².